The molecule has 1 aromatic heterocycles. The summed E-state index contributed by atoms with van der Waals surface area (Å²) >= 11 is 2.06. The maximum atomic E-state index is 12.9. The number of thioether (sulfide) groups is 1. The van der Waals surface area contributed by atoms with Crippen LogP contribution in [0.1, 0.15) is 12.2 Å². The zero-order valence-electron chi connectivity index (χ0n) is 18.8. The molecule has 2 atom stereocenters. The first-order valence-electron chi connectivity index (χ1n) is 10.1. The minimum absolute atomic E-state index is 0.0374. The van der Waals surface area contributed by atoms with E-state index in [0.29, 0.717) is 16.6 Å². The molecule has 0 bridgehead atoms. The van der Waals surface area contributed by atoms with Crippen LogP contribution >= 0.6 is 23.3 Å². The smallest absolute Gasteiger partial charge is 0.352 e. The van der Waals surface area contributed by atoms with Crippen LogP contribution < -0.4 is 16.8 Å². The maximum absolute atomic E-state index is 12.9. The number of nitrogens with zero attached hydrogens (tertiary/aromatic N) is 5. The molecule has 1 aromatic rings. The largest absolute Gasteiger partial charge is 0.477 e. The summed E-state index contributed by atoms with van der Waals surface area (Å²) in [7, 11) is 3.65. The lowest BCUT2D eigenvalue weighted by Crippen LogP contribution is -2.71. The summed E-state index contributed by atoms with van der Waals surface area (Å²) < 4.78 is 16.6. The van der Waals surface area contributed by atoms with E-state index in [9.17, 15) is 28.7 Å². The Kier molecular flexibility index (Phi) is 7.91. The summed E-state index contributed by atoms with van der Waals surface area (Å²) in [4.78, 5) is 58.1. The van der Waals surface area contributed by atoms with E-state index < -0.39 is 47.7 Å². The summed E-state index contributed by atoms with van der Waals surface area (Å²) in [6, 6.07) is -1.06. The quantitative estimate of drug-likeness (QED) is 0.112. The summed E-state index contributed by atoms with van der Waals surface area (Å²) in [6.45, 7) is -0.636. The molecule has 17 heteroatoms. The van der Waals surface area contributed by atoms with Gasteiger partial charge in [-0.2, -0.15) is 9.36 Å². The number of hydrogen-bond acceptors (Lipinski definition) is 11. The van der Waals surface area contributed by atoms with Crippen molar-refractivity contribution in [3.05, 3.63) is 17.1 Å². The molecule has 14 nitrogen and oxygen atoms in total. The second kappa shape index (κ2) is 10.5. The van der Waals surface area contributed by atoms with Crippen LogP contribution in [0.3, 0.4) is 0 Å². The van der Waals surface area contributed by atoms with Gasteiger partial charge in [-0.15, -0.1) is 11.8 Å². The second-order valence-corrected chi connectivity index (χ2v) is 10.2. The van der Waals surface area contributed by atoms with Gasteiger partial charge in [-0.05, 0) is 0 Å². The molecule has 2 aliphatic heterocycles. The Hall–Kier alpha value is -3.31. The van der Waals surface area contributed by atoms with Gasteiger partial charge in [0.25, 0.3) is 18.7 Å². The average molecular weight is 532 g/mol. The standard InChI is InChI=1S/C18H23FN8O6S2/c1-27(2,4-3-9(20)28)5-8-6-34-16-11(15(30)26(16)12(8)17(31)32)22-14(29)10(24-33-7-19)13-23-18(21)35-25-13/h11,16H,3-7H2,1-2H3,(H5-,20,21,22,23,25,28,29,31,32)/p+1/b24-10-/t11-,16-/m1/s1. The molecule has 0 unspecified atom stereocenters. The van der Waals surface area contributed by atoms with Crippen molar-refractivity contribution in [3.63, 3.8) is 0 Å². The van der Waals surface area contributed by atoms with Crippen molar-refractivity contribution in [3.8, 4) is 0 Å². The molecule has 0 radical (unpaired) electrons. The van der Waals surface area contributed by atoms with E-state index in [1.54, 1.807) is 0 Å². The third-order valence-corrected chi connectivity index (χ3v) is 7.07. The maximum Gasteiger partial charge on any atom is 0.352 e. The number of nitrogen functional groups attached to an aromatic ring is 1. The number of rotatable bonds is 11. The Labute approximate surface area is 206 Å². The summed E-state index contributed by atoms with van der Waals surface area (Å²) in [6.07, 6.45) is 0.130. The average Bonchev–Trinajstić information content (AvgIpc) is 3.21. The molecule has 35 heavy (non-hydrogen) atoms. The van der Waals surface area contributed by atoms with Gasteiger partial charge < -0.3 is 31.2 Å². The fourth-order valence-corrected chi connectivity index (χ4v) is 5.40. The van der Waals surface area contributed by atoms with Crippen molar-refractivity contribution in [2.75, 3.05) is 45.5 Å². The summed E-state index contributed by atoms with van der Waals surface area (Å²) in [5, 5.41) is 15.0. The van der Waals surface area contributed by atoms with E-state index in [2.05, 4.69) is 24.7 Å². The number of aromatic nitrogens is 2. The molecule has 1 fully saturated rings. The molecule has 0 saturated carbocycles. The number of carbonyl (C=O) groups excluding carboxylic acids is 3. The molecule has 190 valence electrons. The number of likely N-dealkylation sites (N-methyl/N-ethyl adjacent to an activating group) is 1. The number of halogens is 1. The molecule has 2 aliphatic rings. The minimum Gasteiger partial charge on any atom is -0.477 e. The van der Waals surface area contributed by atoms with Gasteiger partial charge in [-0.1, -0.05) is 5.16 Å². The van der Waals surface area contributed by atoms with Crippen LogP contribution in [0, 0.1) is 0 Å². The van der Waals surface area contributed by atoms with Crippen molar-refractivity contribution in [2.24, 2.45) is 10.9 Å². The lowest BCUT2D eigenvalue weighted by molar-refractivity contribution is -0.885. The number of carboxylic acid groups (broad SMARTS) is 1. The zero-order valence-corrected chi connectivity index (χ0v) is 20.4. The van der Waals surface area contributed by atoms with E-state index in [1.165, 1.54) is 11.8 Å². The highest BCUT2D eigenvalue weighted by Crippen LogP contribution is 2.40. The van der Waals surface area contributed by atoms with Crippen molar-refractivity contribution in [2.45, 2.75) is 17.8 Å². The molecule has 1 saturated heterocycles. The third-order valence-electron chi connectivity index (χ3n) is 5.19. The van der Waals surface area contributed by atoms with Gasteiger partial charge in [0.2, 0.25) is 17.4 Å². The SMILES string of the molecule is C[N+](C)(CCC(N)=O)CC1=C(C(=O)O)N2C(=O)[C@@H](NC(=O)/C(=N\OCF)c3nsc(N)n3)[C@H]2SC1. The molecule has 3 amide bonds. The van der Waals surface area contributed by atoms with Crippen LogP contribution in [0.25, 0.3) is 0 Å². The van der Waals surface area contributed by atoms with Gasteiger partial charge in [-0.3, -0.25) is 19.3 Å². The van der Waals surface area contributed by atoms with E-state index in [4.69, 9.17) is 11.5 Å². The molecule has 3 heterocycles. The lowest BCUT2D eigenvalue weighted by Gasteiger charge is -2.49. The first kappa shape index (κ1) is 26.3. The van der Waals surface area contributed by atoms with E-state index in [1.807, 2.05) is 14.1 Å². The summed E-state index contributed by atoms with van der Waals surface area (Å²) in [5.41, 5.74) is 10.6. The third kappa shape index (κ3) is 5.85. The van der Waals surface area contributed by atoms with Crippen molar-refractivity contribution in [1.82, 2.24) is 19.6 Å². The molecular formula is C18H24FN8O6S2+. The Balaban J connectivity index is 1.78. The highest BCUT2D eigenvalue weighted by atomic mass is 32.2. The first-order chi connectivity index (χ1) is 16.4. The highest BCUT2D eigenvalue weighted by Gasteiger charge is 2.55. The van der Waals surface area contributed by atoms with Gasteiger partial charge in [-0.25, -0.2) is 9.18 Å². The highest BCUT2D eigenvalue weighted by molar-refractivity contribution is 8.00. The van der Waals surface area contributed by atoms with E-state index >= 15 is 0 Å². The van der Waals surface area contributed by atoms with Crippen molar-refractivity contribution in [1.29, 1.82) is 0 Å². The Morgan fingerprint density at radius 2 is 2.11 bits per heavy atom. The van der Waals surface area contributed by atoms with Crippen LogP contribution in [-0.2, 0) is 24.0 Å². The molecule has 0 spiro atoms. The van der Waals surface area contributed by atoms with Gasteiger partial charge in [0, 0.05) is 22.9 Å². The van der Waals surface area contributed by atoms with Crippen LogP contribution in [0.2, 0.25) is 0 Å². The van der Waals surface area contributed by atoms with E-state index in [0.717, 1.165) is 16.4 Å². The van der Waals surface area contributed by atoms with Crippen LogP contribution in [0.4, 0.5) is 9.52 Å². The molecular weight excluding hydrogens is 507 g/mol. The fraction of sp³-hybridized carbons (Fsp3) is 0.500. The topological polar surface area (TPSA) is 203 Å². The van der Waals surface area contributed by atoms with Gasteiger partial charge in [0.15, 0.2) is 5.13 Å². The summed E-state index contributed by atoms with van der Waals surface area (Å²) in [5.74, 6) is -3.21. The number of hydrogen-bond donors (Lipinski definition) is 4. The fourth-order valence-electron chi connectivity index (χ4n) is 3.63. The Morgan fingerprint density at radius 3 is 2.69 bits per heavy atom. The molecule has 0 aromatic carbocycles. The number of nitrogens with one attached hydrogen (secondary N) is 1. The number of primary amides is 1. The number of anilines is 1. The van der Waals surface area contributed by atoms with Crippen molar-refractivity contribution < 1.29 is 38.0 Å². The van der Waals surface area contributed by atoms with Gasteiger partial charge in [0.1, 0.15) is 23.7 Å². The van der Waals surface area contributed by atoms with Gasteiger partial charge >= 0.3 is 5.97 Å². The first-order valence-corrected chi connectivity index (χ1v) is 11.9. The number of fused-ring (bicyclic) bond motifs is 1. The monoisotopic (exact) mass is 531 g/mol. The normalized spacial score (nSPS) is 20.3. The van der Waals surface area contributed by atoms with Crippen molar-refractivity contribution >= 4 is 57.8 Å². The van der Waals surface area contributed by atoms with Crippen LogP contribution in [0.5, 0.6) is 0 Å². The lowest BCUT2D eigenvalue weighted by atomic mass is 10.0. The number of β-lactam (4-membered cyclic amide) rings is 1. The number of aliphatic carboxylic acids is 1. The van der Waals surface area contributed by atoms with Crippen LogP contribution in [0.15, 0.2) is 16.4 Å². The molecule has 0 aliphatic carbocycles. The number of quaternary nitrogens is 1. The van der Waals surface area contributed by atoms with Gasteiger partial charge in [0.05, 0.1) is 27.1 Å². The zero-order chi connectivity index (χ0) is 25.9. The van der Waals surface area contributed by atoms with Crippen LogP contribution in [-0.4, -0.2) is 104 Å². The number of carboxylic acids is 1. The minimum atomic E-state index is -1.31. The Bertz CT molecular complexity index is 1110. The number of amides is 3. The Morgan fingerprint density at radius 1 is 1.40 bits per heavy atom. The number of alkyl halides is 1. The second-order valence-electron chi connectivity index (χ2n) is 8.29. The van der Waals surface area contributed by atoms with E-state index in [-0.39, 0.29) is 35.4 Å². The predicted molar refractivity (Wildman–Crippen MR) is 123 cm³/mol. The predicted octanol–water partition coefficient (Wildman–Crippen LogP) is -1.54. The molecule has 3 rings (SSSR count). The number of nitrogens with two attached hydrogens (primary N) is 2. The number of oxime groups is 1. The molecule has 6 N–H and O–H groups in total. The number of carbonyl (C=O) groups is 4.